The molecule has 5 aliphatic heterocycles. The van der Waals surface area contributed by atoms with Crippen molar-refractivity contribution in [3.8, 4) is 0 Å². The topological polar surface area (TPSA) is 233 Å². The monoisotopic (exact) mass is 915 g/mol. The number of esters is 1. The van der Waals surface area contributed by atoms with Gasteiger partial charge >= 0.3 is 5.97 Å². The molecular formula is C48H82O16. The Morgan fingerprint density at radius 1 is 0.906 bits per heavy atom. The molecule has 0 amide bonds. The van der Waals surface area contributed by atoms with Gasteiger partial charge in [0.1, 0.15) is 30.0 Å². The van der Waals surface area contributed by atoms with E-state index >= 15 is 0 Å². The molecule has 16 heteroatoms. The van der Waals surface area contributed by atoms with Crippen LogP contribution in [0, 0.1) is 29.6 Å². The lowest BCUT2D eigenvalue weighted by atomic mass is 9.77. The number of aliphatic hydroxyl groups is 7. The summed E-state index contributed by atoms with van der Waals surface area (Å²) in [5, 5.41) is 80.2. The molecule has 7 N–H and O–H groups in total. The number of methoxy groups -OCH3 is 2. The van der Waals surface area contributed by atoms with E-state index in [9.17, 15) is 40.5 Å². The summed E-state index contributed by atoms with van der Waals surface area (Å²) in [4.78, 5) is 13.8. The molecule has 21 atom stereocenters. The minimum Gasteiger partial charge on any atom is -0.459 e. The number of fused-ring (bicyclic) bond motifs is 3. The molecule has 5 heterocycles. The molecule has 0 aromatic rings. The average Bonchev–Trinajstić information content (AvgIpc) is 3.25. The zero-order valence-electron chi connectivity index (χ0n) is 39.9. The molecule has 2 bridgehead atoms. The van der Waals surface area contributed by atoms with Crippen LogP contribution >= 0.6 is 0 Å². The van der Waals surface area contributed by atoms with Gasteiger partial charge in [-0.3, -0.25) is 0 Å². The van der Waals surface area contributed by atoms with Crippen molar-refractivity contribution in [3.05, 3.63) is 24.3 Å². The van der Waals surface area contributed by atoms with Gasteiger partial charge in [-0.2, -0.15) is 0 Å². The van der Waals surface area contributed by atoms with Gasteiger partial charge in [-0.05, 0) is 83.6 Å². The highest BCUT2D eigenvalue weighted by molar-refractivity contribution is 5.82. The fourth-order valence-corrected chi connectivity index (χ4v) is 10.4. The number of hydrogen-bond donors (Lipinski definition) is 7. The molecule has 370 valence electrons. The maximum atomic E-state index is 13.8. The fourth-order valence-electron chi connectivity index (χ4n) is 10.4. The van der Waals surface area contributed by atoms with Gasteiger partial charge in [0.2, 0.25) is 0 Å². The molecule has 0 aromatic carbocycles. The van der Waals surface area contributed by atoms with Gasteiger partial charge in [0.15, 0.2) is 17.9 Å². The molecule has 5 aliphatic rings. The van der Waals surface area contributed by atoms with E-state index in [1.807, 2.05) is 19.9 Å². The van der Waals surface area contributed by atoms with Crippen LogP contribution in [0.3, 0.4) is 0 Å². The minimum atomic E-state index is -2.11. The Balaban J connectivity index is 1.51. The van der Waals surface area contributed by atoms with Gasteiger partial charge in [0, 0.05) is 63.7 Å². The Kier molecular flexibility index (Phi) is 18.5. The summed E-state index contributed by atoms with van der Waals surface area (Å²) in [5.74, 6) is -4.44. The predicted molar refractivity (Wildman–Crippen MR) is 234 cm³/mol. The van der Waals surface area contributed by atoms with E-state index < -0.39 is 102 Å². The second-order valence-electron chi connectivity index (χ2n) is 20.4. The Morgan fingerprint density at radius 2 is 1.62 bits per heavy atom. The van der Waals surface area contributed by atoms with E-state index in [1.54, 1.807) is 14.0 Å². The third-order valence-corrected chi connectivity index (χ3v) is 15.1. The normalized spacial score (nSPS) is 48.7. The standard InChI is InChI=1S/C48H82O16/c1-11-33(49)22-34-28(3)16-20-47(63-34)24-36-29(4)37(64-47)25-48(58-10)32(21-27(2)26-59-48)15-13-12-14-18-45(7,55)44(54)42(62-39-23-35(57-9)41(52)31(6)60-39)40(51)30(5)43(53)46(8,56)19-17-38(50)61-36/h13,15,17,19,27-37,39-44,49,51-56H,11-12,14,16,18,20-26H2,1-10H3/t27-,28-,29-,30+,31?,32+,33+,34-,35?,36-,37-,39-,40+,41+,42-,43-,44+,45+,46+,47+,48-/m0/s1. The van der Waals surface area contributed by atoms with Crippen molar-refractivity contribution in [2.24, 2.45) is 29.6 Å². The van der Waals surface area contributed by atoms with E-state index in [0.717, 1.165) is 25.0 Å². The van der Waals surface area contributed by atoms with Gasteiger partial charge in [0.05, 0.1) is 54.9 Å². The van der Waals surface area contributed by atoms with Crippen molar-refractivity contribution < 1.29 is 78.4 Å². The Labute approximate surface area is 380 Å². The van der Waals surface area contributed by atoms with Gasteiger partial charge < -0.3 is 73.6 Å². The van der Waals surface area contributed by atoms with Crippen molar-refractivity contribution in [1.29, 1.82) is 0 Å². The van der Waals surface area contributed by atoms with Crippen molar-refractivity contribution >= 4 is 5.97 Å². The second kappa shape index (κ2) is 22.2. The largest absolute Gasteiger partial charge is 0.459 e. The van der Waals surface area contributed by atoms with E-state index in [1.165, 1.54) is 27.9 Å². The first-order chi connectivity index (χ1) is 30.0. The number of aliphatic hydroxyl groups excluding tert-OH is 5. The van der Waals surface area contributed by atoms with Crippen molar-refractivity contribution in [2.75, 3.05) is 20.8 Å². The first-order valence-corrected chi connectivity index (χ1v) is 23.8. The van der Waals surface area contributed by atoms with Crippen molar-refractivity contribution in [3.63, 3.8) is 0 Å². The van der Waals surface area contributed by atoms with E-state index in [4.69, 9.17) is 37.9 Å². The second-order valence-corrected chi connectivity index (χ2v) is 20.4. The highest BCUT2D eigenvalue weighted by atomic mass is 16.7. The van der Waals surface area contributed by atoms with Gasteiger partial charge in [-0.25, -0.2) is 4.79 Å². The van der Waals surface area contributed by atoms with E-state index in [2.05, 4.69) is 19.9 Å². The Morgan fingerprint density at radius 3 is 2.30 bits per heavy atom. The minimum absolute atomic E-state index is 0.0399. The Hall–Kier alpha value is -1.61. The summed E-state index contributed by atoms with van der Waals surface area (Å²) in [7, 11) is 3.06. The van der Waals surface area contributed by atoms with Crippen LogP contribution in [0.2, 0.25) is 0 Å². The third kappa shape index (κ3) is 12.5. The van der Waals surface area contributed by atoms with Gasteiger partial charge in [-0.1, -0.05) is 46.8 Å². The van der Waals surface area contributed by atoms with Crippen LogP contribution in [-0.2, 0) is 42.7 Å². The first-order valence-electron chi connectivity index (χ1n) is 23.8. The molecule has 4 saturated heterocycles. The summed E-state index contributed by atoms with van der Waals surface area (Å²) < 4.78 is 50.6. The molecule has 0 saturated carbocycles. The van der Waals surface area contributed by atoms with Crippen LogP contribution in [0.4, 0.5) is 0 Å². The predicted octanol–water partition coefficient (Wildman–Crippen LogP) is 3.81. The van der Waals surface area contributed by atoms with Crippen LogP contribution in [0.1, 0.15) is 126 Å². The molecule has 16 nitrogen and oxygen atoms in total. The number of carbonyl (C=O) groups is 1. The fraction of sp³-hybridized carbons (Fsp3) is 0.896. The molecule has 2 unspecified atom stereocenters. The average molecular weight is 915 g/mol. The smallest absolute Gasteiger partial charge is 0.330 e. The molecule has 0 aliphatic carbocycles. The summed E-state index contributed by atoms with van der Waals surface area (Å²) in [6.45, 7) is 14.4. The van der Waals surface area contributed by atoms with E-state index in [-0.39, 0.29) is 55.5 Å². The lowest BCUT2D eigenvalue weighted by Crippen LogP contribution is -2.60. The number of hydrogen-bond acceptors (Lipinski definition) is 16. The number of ether oxygens (including phenoxy) is 8. The molecule has 1 spiro atoms. The SMILES string of the molecule is CC[C@@H](O)C[C@@H]1O[C@@]2(CC[C@@H]1C)C[C@@H]1OC(=O)C=C[C@@](C)(O)[C@@H](O)[C@H](C)[C@@H](O)[C@H](O[C@H]3CC(OC)[C@H](O)C(C)O3)[C@@H](O)[C@](C)(O)CCCC=C[C@@H]3C[C@H](C)CO[C@@]3(OC)C[C@H](O2)[C@H]1C. The first kappa shape index (κ1) is 53.3. The van der Waals surface area contributed by atoms with Crippen molar-refractivity contribution in [1.82, 2.24) is 0 Å². The zero-order valence-corrected chi connectivity index (χ0v) is 39.9. The number of rotatable bonds is 7. The quantitative estimate of drug-likeness (QED) is 0.142. The van der Waals surface area contributed by atoms with Crippen molar-refractivity contribution in [2.45, 2.75) is 222 Å². The number of allylic oxidation sites excluding steroid dienone is 1. The highest BCUT2D eigenvalue weighted by Crippen LogP contribution is 2.49. The van der Waals surface area contributed by atoms with Crippen LogP contribution in [0.5, 0.6) is 0 Å². The summed E-state index contributed by atoms with van der Waals surface area (Å²) in [6.07, 6.45) is -1.38. The lowest BCUT2D eigenvalue weighted by molar-refractivity contribution is -0.364. The van der Waals surface area contributed by atoms with Crippen LogP contribution in [0.25, 0.3) is 0 Å². The van der Waals surface area contributed by atoms with Gasteiger partial charge in [-0.15, -0.1) is 0 Å². The molecule has 0 aromatic heterocycles. The molecule has 5 rings (SSSR count). The maximum absolute atomic E-state index is 13.8. The highest BCUT2D eigenvalue weighted by Gasteiger charge is 2.55. The van der Waals surface area contributed by atoms with Crippen LogP contribution < -0.4 is 0 Å². The molecule has 4 fully saturated rings. The van der Waals surface area contributed by atoms with E-state index in [0.29, 0.717) is 38.7 Å². The van der Waals surface area contributed by atoms with Gasteiger partial charge in [0.25, 0.3) is 0 Å². The Bertz CT molecular complexity index is 1540. The lowest BCUT2D eigenvalue weighted by Gasteiger charge is -2.54. The zero-order chi connectivity index (χ0) is 47.4. The molecular weight excluding hydrogens is 833 g/mol. The maximum Gasteiger partial charge on any atom is 0.330 e. The molecule has 0 radical (unpaired) electrons. The number of carbonyl (C=O) groups excluding carboxylic acids is 1. The summed E-state index contributed by atoms with van der Waals surface area (Å²) in [6, 6.07) is 0. The van der Waals surface area contributed by atoms with Crippen LogP contribution in [-0.4, -0.2) is 159 Å². The molecule has 64 heavy (non-hydrogen) atoms. The summed E-state index contributed by atoms with van der Waals surface area (Å²) >= 11 is 0. The third-order valence-electron chi connectivity index (χ3n) is 15.1. The van der Waals surface area contributed by atoms with Crippen LogP contribution in [0.15, 0.2) is 24.3 Å². The summed E-state index contributed by atoms with van der Waals surface area (Å²) in [5.41, 5.74) is -3.93.